The van der Waals surface area contributed by atoms with E-state index in [2.05, 4.69) is 42.3 Å². The Balaban J connectivity index is 2.03. The van der Waals surface area contributed by atoms with Crippen LogP contribution in [-0.2, 0) is 19.5 Å². The van der Waals surface area contributed by atoms with E-state index in [-0.39, 0.29) is 0 Å². The molecule has 0 spiro atoms. The first-order valence-electron chi connectivity index (χ1n) is 16.9. The molecule has 0 saturated carbocycles. The molecule has 0 aliphatic heterocycles. The molecule has 2 heteroatoms. The molecule has 0 unspecified atom stereocenters. The van der Waals surface area contributed by atoms with E-state index >= 15 is 0 Å². The van der Waals surface area contributed by atoms with Gasteiger partial charge in [-0.05, 0) is 32.1 Å². The lowest BCUT2D eigenvalue weighted by Crippen LogP contribution is -2.37. The van der Waals surface area contributed by atoms with Gasteiger partial charge in [0.25, 0.3) is 5.82 Å². The SMILES string of the molecule is CCCCCCCCCCCCCCCCCCC[n+]1ccn(CCCCCCCC)c1CCCC. The maximum atomic E-state index is 2.58. The van der Waals surface area contributed by atoms with Crippen LogP contribution in [0.25, 0.3) is 0 Å². The van der Waals surface area contributed by atoms with Crippen molar-refractivity contribution in [1.82, 2.24) is 4.57 Å². The van der Waals surface area contributed by atoms with Gasteiger partial charge in [0.05, 0.1) is 13.1 Å². The fourth-order valence-electron chi connectivity index (χ4n) is 5.60. The first-order valence-corrected chi connectivity index (χ1v) is 16.9. The topological polar surface area (TPSA) is 8.81 Å². The molecule has 2 nitrogen and oxygen atoms in total. The first kappa shape index (κ1) is 33.2. The Morgan fingerprint density at radius 3 is 1.31 bits per heavy atom. The lowest BCUT2D eigenvalue weighted by atomic mass is 10.0. The molecule has 1 aromatic heterocycles. The fourth-order valence-corrected chi connectivity index (χ4v) is 5.60. The minimum atomic E-state index is 1.22. The van der Waals surface area contributed by atoms with Crippen LogP contribution >= 0.6 is 0 Å². The summed E-state index contributed by atoms with van der Waals surface area (Å²) in [6, 6.07) is 0. The molecule has 0 fully saturated rings. The van der Waals surface area contributed by atoms with Gasteiger partial charge < -0.3 is 0 Å². The third kappa shape index (κ3) is 18.5. The molecule has 0 amide bonds. The summed E-state index contributed by atoms with van der Waals surface area (Å²) in [6.07, 6.45) is 41.6. The largest absolute Gasteiger partial charge is 0.256 e. The molecule has 0 N–H and O–H groups in total. The molecule has 0 radical (unpaired) electrons. The van der Waals surface area contributed by atoms with Gasteiger partial charge in [0.2, 0.25) is 0 Å². The summed E-state index contributed by atoms with van der Waals surface area (Å²) in [4.78, 5) is 0. The van der Waals surface area contributed by atoms with Crippen LogP contribution in [0.2, 0.25) is 0 Å². The zero-order valence-corrected chi connectivity index (χ0v) is 25.3. The van der Waals surface area contributed by atoms with Crippen molar-refractivity contribution in [2.75, 3.05) is 0 Å². The van der Waals surface area contributed by atoms with E-state index in [1.807, 2.05) is 0 Å². The minimum absolute atomic E-state index is 1.22. The third-order valence-corrected chi connectivity index (χ3v) is 8.10. The summed E-state index contributed by atoms with van der Waals surface area (Å²) in [7, 11) is 0. The average molecular weight is 504 g/mol. The lowest BCUT2D eigenvalue weighted by molar-refractivity contribution is -0.704. The van der Waals surface area contributed by atoms with Gasteiger partial charge >= 0.3 is 0 Å². The Labute approximate surface area is 228 Å². The van der Waals surface area contributed by atoms with Crippen LogP contribution < -0.4 is 4.57 Å². The second-order valence-electron chi connectivity index (χ2n) is 11.6. The summed E-state index contributed by atoms with van der Waals surface area (Å²) >= 11 is 0. The number of rotatable bonds is 28. The number of aryl methyl sites for hydroxylation is 2. The van der Waals surface area contributed by atoms with E-state index in [1.54, 1.807) is 5.82 Å². The molecule has 1 aromatic rings. The third-order valence-electron chi connectivity index (χ3n) is 8.10. The molecule has 1 heterocycles. The van der Waals surface area contributed by atoms with E-state index in [1.165, 1.54) is 180 Å². The summed E-state index contributed by atoms with van der Waals surface area (Å²) < 4.78 is 5.15. The van der Waals surface area contributed by atoms with Gasteiger partial charge in [0.1, 0.15) is 12.4 Å². The normalized spacial score (nSPS) is 11.5. The Hall–Kier alpha value is -0.790. The average Bonchev–Trinajstić information content (AvgIpc) is 3.27. The van der Waals surface area contributed by atoms with E-state index in [4.69, 9.17) is 0 Å². The Bertz CT molecular complexity index is 562. The van der Waals surface area contributed by atoms with Gasteiger partial charge in [-0.1, -0.05) is 149 Å². The second-order valence-corrected chi connectivity index (χ2v) is 11.6. The van der Waals surface area contributed by atoms with E-state index in [0.717, 1.165) is 0 Å². The van der Waals surface area contributed by atoms with Crippen molar-refractivity contribution >= 4 is 0 Å². The minimum Gasteiger partial charge on any atom is -0.234 e. The highest BCUT2D eigenvalue weighted by Crippen LogP contribution is 2.14. The molecule has 212 valence electrons. The highest BCUT2D eigenvalue weighted by Gasteiger charge is 2.16. The monoisotopic (exact) mass is 504 g/mol. The van der Waals surface area contributed by atoms with Crippen molar-refractivity contribution in [3.8, 4) is 0 Å². The van der Waals surface area contributed by atoms with Crippen LogP contribution in [0.15, 0.2) is 12.4 Å². The van der Waals surface area contributed by atoms with Gasteiger partial charge in [-0.3, -0.25) is 0 Å². The van der Waals surface area contributed by atoms with Crippen molar-refractivity contribution in [2.45, 2.75) is 201 Å². The zero-order chi connectivity index (χ0) is 25.9. The Morgan fingerprint density at radius 2 is 0.861 bits per heavy atom. The summed E-state index contributed by atoms with van der Waals surface area (Å²) in [6.45, 7) is 9.37. The number of hydrogen-bond acceptors (Lipinski definition) is 0. The summed E-state index contributed by atoms with van der Waals surface area (Å²) in [5, 5.41) is 0. The Kier molecular flexibility index (Phi) is 23.9. The quantitative estimate of drug-likeness (QED) is 0.0794. The molecule has 36 heavy (non-hydrogen) atoms. The molecule has 0 saturated heterocycles. The maximum Gasteiger partial charge on any atom is 0.256 e. The van der Waals surface area contributed by atoms with Crippen LogP contribution in [0.1, 0.15) is 187 Å². The number of unbranched alkanes of at least 4 members (excludes halogenated alkanes) is 22. The molecule has 0 atom stereocenters. The molecule has 0 aromatic carbocycles. The standard InChI is InChI=1S/C34H67N2/c1-4-7-10-12-14-15-16-17-18-19-20-21-22-23-24-26-28-31-36-33-32-35(34(36)29-9-6-3)30-27-25-13-11-8-5-2/h32-33H,4-31H2,1-3H3/q+1. The van der Waals surface area contributed by atoms with Crippen LogP contribution in [0, 0.1) is 0 Å². The highest BCUT2D eigenvalue weighted by molar-refractivity contribution is 4.84. The number of hydrogen-bond donors (Lipinski definition) is 0. The van der Waals surface area contributed by atoms with E-state index in [0.29, 0.717) is 0 Å². The van der Waals surface area contributed by atoms with Crippen LogP contribution in [0.4, 0.5) is 0 Å². The van der Waals surface area contributed by atoms with Gasteiger partial charge in [-0.25, -0.2) is 9.13 Å². The van der Waals surface area contributed by atoms with Crippen molar-refractivity contribution in [1.29, 1.82) is 0 Å². The van der Waals surface area contributed by atoms with Crippen molar-refractivity contribution in [3.63, 3.8) is 0 Å². The van der Waals surface area contributed by atoms with E-state index < -0.39 is 0 Å². The Morgan fingerprint density at radius 1 is 0.472 bits per heavy atom. The van der Waals surface area contributed by atoms with Crippen LogP contribution in [-0.4, -0.2) is 4.57 Å². The van der Waals surface area contributed by atoms with E-state index in [9.17, 15) is 0 Å². The summed E-state index contributed by atoms with van der Waals surface area (Å²) in [5.74, 6) is 1.59. The molecule has 1 rings (SSSR count). The number of imidazole rings is 1. The predicted octanol–water partition coefficient (Wildman–Crippen LogP) is 11.1. The lowest BCUT2D eigenvalue weighted by Gasteiger charge is -2.06. The van der Waals surface area contributed by atoms with Crippen molar-refractivity contribution < 1.29 is 4.57 Å². The van der Waals surface area contributed by atoms with Crippen molar-refractivity contribution in [3.05, 3.63) is 18.2 Å². The van der Waals surface area contributed by atoms with Crippen LogP contribution in [0.5, 0.6) is 0 Å². The van der Waals surface area contributed by atoms with Crippen LogP contribution in [0.3, 0.4) is 0 Å². The molecule has 0 aliphatic carbocycles. The smallest absolute Gasteiger partial charge is 0.234 e. The van der Waals surface area contributed by atoms with Gasteiger partial charge in [0, 0.05) is 6.42 Å². The maximum absolute atomic E-state index is 2.58. The number of aromatic nitrogens is 2. The zero-order valence-electron chi connectivity index (χ0n) is 25.3. The molecule has 0 bridgehead atoms. The molecular weight excluding hydrogens is 436 g/mol. The number of nitrogens with zero attached hydrogens (tertiary/aromatic N) is 2. The van der Waals surface area contributed by atoms with Crippen molar-refractivity contribution in [2.24, 2.45) is 0 Å². The summed E-state index contributed by atoms with van der Waals surface area (Å²) in [5.41, 5.74) is 0. The van der Waals surface area contributed by atoms with Gasteiger partial charge in [0.15, 0.2) is 0 Å². The molecular formula is C34H67N2+. The predicted molar refractivity (Wildman–Crippen MR) is 161 cm³/mol. The first-order chi connectivity index (χ1) is 17.8. The van der Waals surface area contributed by atoms with Gasteiger partial charge in [-0.15, -0.1) is 0 Å². The highest BCUT2D eigenvalue weighted by atomic mass is 15.1. The fraction of sp³-hybridized carbons (Fsp3) is 0.912. The molecule has 0 aliphatic rings. The van der Waals surface area contributed by atoms with Gasteiger partial charge in [-0.2, -0.15) is 0 Å². The second kappa shape index (κ2) is 25.8.